The van der Waals surface area contributed by atoms with Crippen LogP contribution >= 0.6 is 24.0 Å². The molecule has 0 aromatic heterocycles. The second kappa shape index (κ2) is 13.2. The fraction of sp³-hybridized carbons (Fsp3) is 0.632. The largest absolute Gasteiger partial charge is 0.357 e. The average molecular weight is 498 g/mol. The third kappa shape index (κ3) is 9.64. The van der Waals surface area contributed by atoms with E-state index in [1.54, 1.807) is 12.1 Å². The molecule has 27 heavy (non-hydrogen) atoms. The maximum Gasteiger partial charge on any atom is 0.251 e. The highest BCUT2D eigenvalue weighted by atomic mass is 127. The van der Waals surface area contributed by atoms with Gasteiger partial charge in [0.1, 0.15) is 5.82 Å². The summed E-state index contributed by atoms with van der Waals surface area (Å²) in [5.74, 6) is 0.554. The Balaban J connectivity index is 0.00000364. The first-order chi connectivity index (χ1) is 12.6. The third-order valence-corrected chi connectivity index (χ3v) is 4.45. The summed E-state index contributed by atoms with van der Waals surface area (Å²) in [5, 5.41) is 6.63. The van der Waals surface area contributed by atoms with Crippen molar-refractivity contribution in [3.8, 4) is 0 Å². The van der Waals surface area contributed by atoms with E-state index in [-0.39, 0.29) is 42.4 Å². The lowest BCUT2D eigenvalue weighted by atomic mass is 10.1. The van der Waals surface area contributed by atoms with Gasteiger partial charge in [0.05, 0.1) is 6.54 Å². The van der Waals surface area contributed by atoms with E-state index in [4.69, 9.17) is 0 Å². The predicted octanol–water partition coefficient (Wildman–Crippen LogP) is 3.66. The average Bonchev–Trinajstić information content (AvgIpc) is 2.60. The Kier molecular flexibility index (Phi) is 11.7. The van der Waals surface area contributed by atoms with Gasteiger partial charge in [0.15, 0.2) is 5.96 Å². The molecule has 2 N–H and O–H groups in total. The van der Waals surface area contributed by atoms with Gasteiger partial charge in [0.2, 0.25) is 0 Å². The number of hydrogen-bond donors (Lipinski definition) is 2. The van der Waals surface area contributed by atoms with E-state index in [9.17, 15) is 13.2 Å². The van der Waals surface area contributed by atoms with E-state index >= 15 is 0 Å². The molecule has 1 heterocycles. The van der Waals surface area contributed by atoms with Gasteiger partial charge in [0.25, 0.3) is 6.43 Å². The number of hydrogen-bond acceptors (Lipinski definition) is 2. The first kappa shape index (κ1) is 24.0. The van der Waals surface area contributed by atoms with Crippen molar-refractivity contribution in [3.05, 3.63) is 35.6 Å². The zero-order valence-corrected chi connectivity index (χ0v) is 18.1. The first-order valence-corrected chi connectivity index (χ1v) is 9.36. The summed E-state index contributed by atoms with van der Waals surface area (Å²) in [7, 11) is 0. The molecular formula is C19H30F3IN4. The Bertz CT molecular complexity index is 564. The molecule has 0 saturated carbocycles. The molecule has 0 radical (unpaired) electrons. The summed E-state index contributed by atoms with van der Waals surface area (Å²) in [6.07, 6.45) is 1.02. The topological polar surface area (TPSA) is 39.7 Å². The normalized spacial score (nSPS) is 16.3. The van der Waals surface area contributed by atoms with Crippen molar-refractivity contribution in [3.63, 3.8) is 0 Å². The minimum absolute atomic E-state index is 0. The fourth-order valence-corrected chi connectivity index (χ4v) is 3.13. The van der Waals surface area contributed by atoms with Crippen molar-refractivity contribution < 1.29 is 13.2 Å². The van der Waals surface area contributed by atoms with Gasteiger partial charge < -0.3 is 10.6 Å². The van der Waals surface area contributed by atoms with Crippen molar-refractivity contribution >= 4 is 29.9 Å². The van der Waals surface area contributed by atoms with Gasteiger partial charge in [-0.3, -0.25) is 9.89 Å². The first-order valence-electron chi connectivity index (χ1n) is 9.36. The van der Waals surface area contributed by atoms with Gasteiger partial charge in [-0.15, -0.1) is 24.0 Å². The number of nitrogens with one attached hydrogen (secondary N) is 2. The number of halogens is 4. The lowest BCUT2D eigenvalue weighted by Gasteiger charge is -2.32. The standard InChI is InChI=1S/C19H29F3N4.HI/c1-2-23-19(24-10-4-6-15-5-3-7-16(20)13-15)25-17-8-11-26(12-9-17)14-18(21)22;/h3,5,7,13,17-18H,2,4,6,8-12,14H2,1H3,(H2,23,24,25);1H. The highest BCUT2D eigenvalue weighted by Gasteiger charge is 2.21. The lowest BCUT2D eigenvalue weighted by molar-refractivity contribution is 0.0744. The Labute approximate surface area is 177 Å². The van der Waals surface area contributed by atoms with Crippen LogP contribution in [0.3, 0.4) is 0 Å². The fourth-order valence-electron chi connectivity index (χ4n) is 3.13. The van der Waals surface area contributed by atoms with Crippen LogP contribution in [0.5, 0.6) is 0 Å². The zero-order valence-electron chi connectivity index (χ0n) is 15.8. The zero-order chi connectivity index (χ0) is 18.8. The Morgan fingerprint density at radius 2 is 2.04 bits per heavy atom. The molecule has 4 nitrogen and oxygen atoms in total. The number of benzene rings is 1. The summed E-state index contributed by atoms with van der Waals surface area (Å²) in [6, 6.07) is 6.90. The molecule has 0 amide bonds. The number of rotatable bonds is 8. The van der Waals surface area contributed by atoms with Gasteiger partial charge in [-0.1, -0.05) is 12.1 Å². The second-order valence-corrected chi connectivity index (χ2v) is 6.60. The Morgan fingerprint density at radius 1 is 1.30 bits per heavy atom. The van der Waals surface area contributed by atoms with Gasteiger partial charge in [-0.25, -0.2) is 13.2 Å². The highest BCUT2D eigenvalue weighted by molar-refractivity contribution is 14.0. The number of piperidine rings is 1. The number of guanidine groups is 1. The summed E-state index contributed by atoms with van der Waals surface area (Å²) in [5.41, 5.74) is 0.976. The quantitative estimate of drug-likeness (QED) is 0.249. The molecule has 1 saturated heterocycles. The summed E-state index contributed by atoms with van der Waals surface area (Å²) in [6.45, 7) is 4.65. The number of likely N-dealkylation sites (tertiary alicyclic amines) is 1. The van der Waals surface area contributed by atoms with Crippen molar-refractivity contribution in [2.45, 2.75) is 45.1 Å². The van der Waals surface area contributed by atoms with Crippen molar-refractivity contribution in [2.75, 3.05) is 32.7 Å². The van der Waals surface area contributed by atoms with Gasteiger partial charge in [-0.05, 0) is 50.3 Å². The van der Waals surface area contributed by atoms with E-state index in [2.05, 4.69) is 15.6 Å². The molecule has 0 bridgehead atoms. The molecule has 1 fully saturated rings. The van der Waals surface area contributed by atoms with Crippen LogP contribution in [-0.4, -0.2) is 56.1 Å². The van der Waals surface area contributed by atoms with E-state index in [1.165, 1.54) is 6.07 Å². The molecule has 2 rings (SSSR count). The molecule has 1 aliphatic rings. The SMILES string of the molecule is CCNC(=NCCCc1cccc(F)c1)NC1CCN(CC(F)F)CC1.I. The molecule has 0 atom stereocenters. The minimum Gasteiger partial charge on any atom is -0.357 e. The van der Waals surface area contributed by atoms with E-state index < -0.39 is 6.43 Å². The van der Waals surface area contributed by atoms with Crippen LogP contribution in [0.25, 0.3) is 0 Å². The molecule has 0 spiro atoms. The molecule has 154 valence electrons. The lowest BCUT2D eigenvalue weighted by Crippen LogP contribution is -2.49. The van der Waals surface area contributed by atoms with Crippen LogP contribution < -0.4 is 10.6 Å². The van der Waals surface area contributed by atoms with Crippen molar-refractivity contribution in [1.29, 1.82) is 0 Å². The summed E-state index contributed by atoms with van der Waals surface area (Å²) >= 11 is 0. The van der Waals surface area contributed by atoms with Crippen LogP contribution in [-0.2, 0) is 6.42 Å². The van der Waals surface area contributed by atoms with Crippen LogP contribution in [0.15, 0.2) is 29.3 Å². The highest BCUT2D eigenvalue weighted by Crippen LogP contribution is 2.12. The molecule has 1 aromatic carbocycles. The molecule has 8 heteroatoms. The van der Waals surface area contributed by atoms with Gasteiger partial charge in [0, 0.05) is 32.2 Å². The maximum absolute atomic E-state index is 13.2. The number of aliphatic imine (C=N–C) groups is 1. The molecule has 1 aliphatic heterocycles. The van der Waals surface area contributed by atoms with Crippen molar-refractivity contribution in [2.24, 2.45) is 4.99 Å². The van der Waals surface area contributed by atoms with E-state index in [0.29, 0.717) is 19.6 Å². The molecule has 0 aliphatic carbocycles. The smallest absolute Gasteiger partial charge is 0.251 e. The summed E-state index contributed by atoms with van der Waals surface area (Å²) < 4.78 is 38.0. The minimum atomic E-state index is -2.27. The number of alkyl halides is 2. The van der Waals surface area contributed by atoms with E-state index in [1.807, 2.05) is 17.9 Å². The molecule has 0 unspecified atom stereocenters. The molecule has 1 aromatic rings. The van der Waals surface area contributed by atoms with Crippen LogP contribution in [0, 0.1) is 5.82 Å². The Morgan fingerprint density at radius 3 is 2.67 bits per heavy atom. The monoisotopic (exact) mass is 498 g/mol. The predicted molar refractivity (Wildman–Crippen MR) is 115 cm³/mol. The van der Waals surface area contributed by atoms with Gasteiger partial charge in [-0.2, -0.15) is 0 Å². The van der Waals surface area contributed by atoms with Crippen LogP contribution in [0.2, 0.25) is 0 Å². The summed E-state index contributed by atoms with van der Waals surface area (Å²) in [4.78, 5) is 6.39. The second-order valence-electron chi connectivity index (χ2n) is 6.60. The number of nitrogens with zero attached hydrogens (tertiary/aromatic N) is 2. The third-order valence-electron chi connectivity index (χ3n) is 4.45. The van der Waals surface area contributed by atoms with Gasteiger partial charge >= 0.3 is 0 Å². The van der Waals surface area contributed by atoms with E-state index in [0.717, 1.165) is 43.8 Å². The maximum atomic E-state index is 13.2. The van der Waals surface area contributed by atoms with Crippen molar-refractivity contribution in [1.82, 2.24) is 15.5 Å². The van der Waals surface area contributed by atoms with Crippen LogP contribution in [0.4, 0.5) is 13.2 Å². The molecular weight excluding hydrogens is 468 g/mol. The Hall–Kier alpha value is -1.03. The number of aryl methyl sites for hydroxylation is 1. The van der Waals surface area contributed by atoms with Crippen LogP contribution in [0.1, 0.15) is 31.7 Å².